The number of esters is 1. The smallest absolute Gasteiger partial charge is 0.311 e. The van der Waals surface area contributed by atoms with Crippen LogP contribution in [0.3, 0.4) is 0 Å². The van der Waals surface area contributed by atoms with Crippen molar-refractivity contribution in [2.45, 2.75) is 51.2 Å². The summed E-state index contributed by atoms with van der Waals surface area (Å²) in [5.74, 6) is -0.0213. The molecule has 4 heteroatoms. The third kappa shape index (κ3) is 2.01. The number of carbonyl (C=O) groups is 1. The summed E-state index contributed by atoms with van der Waals surface area (Å²) in [5.41, 5.74) is 5.83. The Bertz CT molecular complexity index is 266. The van der Waals surface area contributed by atoms with Gasteiger partial charge in [0, 0.05) is 6.54 Å². The van der Waals surface area contributed by atoms with Gasteiger partial charge in [0.25, 0.3) is 0 Å². The van der Waals surface area contributed by atoms with Crippen molar-refractivity contribution in [3.63, 3.8) is 0 Å². The number of carbonyl (C=O) groups excluding carboxylic acids is 1. The lowest BCUT2D eigenvalue weighted by atomic mass is 9.85. The molecule has 0 amide bonds. The molecular weight excluding hydrogens is 192 g/mol. The van der Waals surface area contributed by atoms with E-state index < -0.39 is 0 Å². The van der Waals surface area contributed by atoms with Crippen LogP contribution >= 0.6 is 0 Å². The number of hydrazine groups is 1. The lowest BCUT2D eigenvalue weighted by Crippen LogP contribution is -2.72. The summed E-state index contributed by atoms with van der Waals surface area (Å²) in [4.78, 5) is 12.0. The summed E-state index contributed by atoms with van der Waals surface area (Å²) in [6, 6.07) is 0. The Morgan fingerprint density at radius 2 is 2.13 bits per heavy atom. The monoisotopic (exact) mass is 212 g/mol. The number of rotatable bonds is 1. The van der Waals surface area contributed by atoms with E-state index in [0.29, 0.717) is 0 Å². The summed E-state index contributed by atoms with van der Waals surface area (Å²) in [6.45, 7) is 6.63. The summed E-state index contributed by atoms with van der Waals surface area (Å²) < 4.78 is 5.45. The van der Waals surface area contributed by atoms with Crippen molar-refractivity contribution < 1.29 is 9.53 Å². The van der Waals surface area contributed by atoms with Gasteiger partial charge in [-0.05, 0) is 33.6 Å². The Kier molecular flexibility index (Phi) is 2.51. The molecule has 1 saturated carbocycles. The molecule has 4 nitrogen and oxygen atoms in total. The minimum absolute atomic E-state index is 0.0116. The highest BCUT2D eigenvalue weighted by Crippen LogP contribution is 2.39. The minimum atomic E-state index is -0.377. The van der Waals surface area contributed by atoms with E-state index in [1.165, 1.54) is 0 Å². The fraction of sp³-hybridized carbons (Fsp3) is 0.909. The molecule has 1 heterocycles. The average molecular weight is 212 g/mol. The van der Waals surface area contributed by atoms with E-state index in [1.54, 1.807) is 0 Å². The van der Waals surface area contributed by atoms with Crippen molar-refractivity contribution in [2.24, 2.45) is 5.92 Å². The van der Waals surface area contributed by atoms with Crippen LogP contribution in [0.5, 0.6) is 0 Å². The van der Waals surface area contributed by atoms with Crippen molar-refractivity contribution in [3.8, 4) is 0 Å². The van der Waals surface area contributed by atoms with Crippen LogP contribution < -0.4 is 10.9 Å². The fourth-order valence-corrected chi connectivity index (χ4v) is 2.47. The molecule has 2 rings (SSSR count). The summed E-state index contributed by atoms with van der Waals surface area (Å²) in [5, 5.41) is 0. The molecule has 1 saturated heterocycles. The molecule has 15 heavy (non-hydrogen) atoms. The average Bonchev–Trinajstić information content (AvgIpc) is 2.42. The van der Waals surface area contributed by atoms with Gasteiger partial charge in [-0.3, -0.25) is 10.2 Å². The first-order valence-corrected chi connectivity index (χ1v) is 5.66. The highest BCUT2D eigenvalue weighted by molar-refractivity contribution is 5.75. The van der Waals surface area contributed by atoms with Gasteiger partial charge in [-0.2, -0.15) is 0 Å². The van der Waals surface area contributed by atoms with Crippen molar-refractivity contribution in [1.82, 2.24) is 10.9 Å². The van der Waals surface area contributed by atoms with Crippen LogP contribution in [-0.4, -0.2) is 23.7 Å². The molecule has 2 aliphatic rings. The highest BCUT2D eigenvalue weighted by atomic mass is 16.6. The largest absolute Gasteiger partial charge is 0.460 e. The van der Waals surface area contributed by atoms with E-state index in [1.807, 2.05) is 20.8 Å². The molecule has 1 aliphatic carbocycles. The van der Waals surface area contributed by atoms with Gasteiger partial charge in [0.05, 0.1) is 11.5 Å². The van der Waals surface area contributed by atoms with Crippen LogP contribution in [0.15, 0.2) is 0 Å². The third-order valence-electron chi connectivity index (χ3n) is 3.22. The molecule has 0 bridgehead atoms. The van der Waals surface area contributed by atoms with Gasteiger partial charge < -0.3 is 4.74 Å². The fourth-order valence-electron chi connectivity index (χ4n) is 2.47. The zero-order valence-electron chi connectivity index (χ0n) is 9.72. The zero-order valence-corrected chi connectivity index (χ0v) is 9.72. The maximum absolute atomic E-state index is 12.0. The normalized spacial score (nSPS) is 35.3. The Hall–Kier alpha value is -0.610. The molecular formula is C11H20N2O2. The third-order valence-corrected chi connectivity index (χ3v) is 3.22. The van der Waals surface area contributed by atoms with Crippen LogP contribution in [0.25, 0.3) is 0 Å². The quantitative estimate of drug-likeness (QED) is 0.636. The lowest BCUT2D eigenvalue weighted by molar-refractivity contribution is -0.164. The topological polar surface area (TPSA) is 50.4 Å². The maximum atomic E-state index is 12.0. The second kappa shape index (κ2) is 3.46. The van der Waals surface area contributed by atoms with Gasteiger partial charge in [0.1, 0.15) is 5.60 Å². The SMILES string of the molecule is CC(C)(C)OC(=O)C1CCCC12CNN2. The molecule has 1 spiro atoms. The molecule has 2 N–H and O–H groups in total. The van der Waals surface area contributed by atoms with Gasteiger partial charge in [-0.1, -0.05) is 6.42 Å². The van der Waals surface area contributed by atoms with E-state index in [0.717, 1.165) is 25.8 Å². The Balaban J connectivity index is 2.01. The molecule has 2 atom stereocenters. The number of ether oxygens (including phenoxy) is 1. The van der Waals surface area contributed by atoms with Crippen LogP contribution in [0, 0.1) is 5.92 Å². The molecule has 2 unspecified atom stereocenters. The van der Waals surface area contributed by atoms with Gasteiger partial charge >= 0.3 is 5.97 Å². The molecule has 2 fully saturated rings. The van der Waals surface area contributed by atoms with Crippen molar-refractivity contribution in [1.29, 1.82) is 0 Å². The number of hydrogen-bond acceptors (Lipinski definition) is 4. The minimum Gasteiger partial charge on any atom is -0.460 e. The second-order valence-electron chi connectivity index (χ2n) is 5.61. The van der Waals surface area contributed by atoms with E-state index in [2.05, 4.69) is 10.9 Å². The van der Waals surface area contributed by atoms with Gasteiger partial charge in [0.15, 0.2) is 0 Å². The van der Waals surface area contributed by atoms with Gasteiger partial charge in [-0.15, -0.1) is 0 Å². The van der Waals surface area contributed by atoms with E-state index in [4.69, 9.17) is 4.74 Å². The molecule has 0 radical (unpaired) electrons. The van der Waals surface area contributed by atoms with Crippen molar-refractivity contribution in [2.75, 3.05) is 6.54 Å². The molecule has 0 aromatic heterocycles. The van der Waals surface area contributed by atoms with Gasteiger partial charge in [-0.25, -0.2) is 5.43 Å². The Morgan fingerprint density at radius 1 is 1.47 bits per heavy atom. The number of hydrogen-bond donors (Lipinski definition) is 2. The Labute approximate surface area is 90.7 Å². The predicted molar refractivity (Wildman–Crippen MR) is 57.1 cm³/mol. The summed E-state index contributed by atoms with van der Waals surface area (Å²) in [7, 11) is 0. The molecule has 86 valence electrons. The summed E-state index contributed by atoms with van der Waals surface area (Å²) in [6.07, 6.45) is 3.13. The van der Waals surface area contributed by atoms with E-state index in [-0.39, 0.29) is 23.0 Å². The second-order valence-corrected chi connectivity index (χ2v) is 5.61. The van der Waals surface area contributed by atoms with Crippen LogP contribution in [0.4, 0.5) is 0 Å². The van der Waals surface area contributed by atoms with Crippen LogP contribution in [-0.2, 0) is 9.53 Å². The molecule has 0 aromatic carbocycles. The first-order valence-electron chi connectivity index (χ1n) is 5.66. The number of nitrogens with one attached hydrogen (secondary N) is 2. The first kappa shape index (κ1) is 10.9. The Morgan fingerprint density at radius 3 is 2.60 bits per heavy atom. The van der Waals surface area contributed by atoms with Crippen LogP contribution in [0.2, 0.25) is 0 Å². The van der Waals surface area contributed by atoms with Crippen molar-refractivity contribution >= 4 is 5.97 Å². The summed E-state index contributed by atoms with van der Waals surface area (Å²) >= 11 is 0. The lowest BCUT2D eigenvalue weighted by Gasteiger charge is -2.44. The van der Waals surface area contributed by atoms with Crippen LogP contribution in [0.1, 0.15) is 40.0 Å². The predicted octanol–water partition coefficient (Wildman–Crippen LogP) is 0.975. The van der Waals surface area contributed by atoms with Gasteiger partial charge in [0.2, 0.25) is 0 Å². The first-order chi connectivity index (χ1) is 6.93. The van der Waals surface area contributed by atoms with Crippen molar-refractivity contribution in [3.05, 3.63) is 0 Å². The standard InChI is InChI=1S/C11H20N2O2/c1-10(2,3)15-9(14)8-5-4-6-11(8)7-12-13-11/h8,12-13H,4-7H2,1-3H3. The molecule has 1 aliphatic heterocycles. The van der Waals surface area contributed by atoms with E-state index >= 15 is 0 Å². The zero-order chi connectivity index (χ0) is 11.1. The van der Waals surface area contributed by atoms with E-state index in [9.17, 15) is 4.79 Å². The maximum Gasteiger partial charge on any atom is 0.311 e. The molecule has 0 aromatic rings. The highest BCUT2D eigenvalue weighted by Gasteiger charge is 2.51.